The van der Waals surface area contributed by atoms with Crippen LogP contribution < -0.4 is 5.32 Å². The molecular formula is C28H24N4O4. The summed E-state index contributed by atoms with van der Waals surface area (Å²) in [6, 6.07) is 21.6. The monoisotopic (exact) mass is 480 g/mol. The number of aromatic nitrogens is 1. The molecule has 1 fully saturated rings. The number of rotatable bonds is 6. The molecule has 2 heterocycles. The van der Waals surface area contributed by atoms with Gasteiger partial charge in [-0.15, -0.1) is 0 Å². The van der Waals surface area contributed by atoms with Gasteiger partial charge < -0.3 is 9.88 Å². The van der Waals surface area contributed by atoms with Crippen LogP contribution in [-0.4, -0.2) is 26.3 Å². The predicted octanol–water partition coefficient (Wildman–Crippen LogP) is 5.31. The Balaban J connectivity index is 1.48. The second kappa shape index (κ2) is 9.14. The minimum absolute atomic E-state index is 0.0453. The van der Waals surface area contributed by atoms with Gasteiger partial charge in [-0.25, -0.2) is 4.79 Å². The third kappa shape index (κ3) is 4.24. The number of fused-ring (bicyclic) bond motifs is 1. The number of nitrogens with zero attached hydrogens (tertiary/aromatic N) is 3. The summed E-state index contributed by atoms with van der Waals surface area (Å²) in [5.41, 5.74) is 5.90. The zero-order valence-electron chi connectivity index (χ0n) is 19.9. The van der Waals surface area contributed by atoms with E-state index in [2.05, 4.69) is 9.88 Å². The van der Waals surface area contributed by atoms with Crippen LogP contribution in [0.2, 0.25) is 0 Å². The van der Waals surface area contributed by atoms with Crippen molar-refractivity contribution in [2.24, 2.45) is 0 Å². The third-order valence-corrected chi connectivity index (χ3v) is 6.48. The fourth-order valence-corrected chi connectivity index (χ4v) is 4.48. The SMILES string of the molecule is Cc1ccc(CN2C(=O)N/C(=C/c3c(C)n(Cc4ccc([N+](=O)[O-])cc4)c4ccccc34)C2=O)cc1. The summed E-state index contributed by atoms with van der Waals surface area (Å²) in [6.45, 7) is 4.65. The highest BCUT2D eigenvalue weighted by atomic mass is 16.6. The molecule has 36 heavy (non-hydrogen) atoms. The number of non-ortho nitro benzene ring substituents is 1. The van der Waals surface area contributed by atoms with E-state index in [1.54, 1.807) is 18.2 Å². The van der Waals surface area contributed by atoms with Crippen LogP contribution in [0.3, 0.4) is 0 Å². The Morgan fingerprint density at radius 2 is 1.53 bits per heavy atom. The number of aryl methyl sites for hydroxylation is 1. The maximum atomic E-state index is 13.1. The number of amides is 3. The van der Waals surface area contributed by atoms with Crippen molar-refractivity contribution in [3.8, 4) is 0 Å². The number of urea groups is 1. The minimum atomic E-state index is -0.445. The van der Waals surface area contributed by atoms with E-state index < -0.39 is 11.0 Å². The highest BCUT2D eigenvalue weighted by Crippen LogP contribution is 2.30. The minimum Gasteiger partial charge on any atom is -0.340 e. The zero-order valence-corrected chi connectivity index (χ0v) is 19.9. The number of para-hydroxylation sites is 1. The number of hydrogen-bond acceptors (Lipinski definition) is 4. The predicted molar refractivity (Wildman–Crippen MR) is 137 cm³/mol. The molecule has 0 aliphatic carbocycles. The van der Waals surface area contributed by atoms with Gasteiger partial charge in [0, 0.05) is 40.8 Å². The Morgan fingerprint density at radius 3 is 2.22 bits per heavy atom. The first-order valence-corrected chi connectivity index (χ1v) is 11.5. The van der Waals surface area contributed by atoms with Crippen LogP contribution in [0.1, 0.15) is 27.9 Å². The average Bonchev–Trinajstić information content (AvgIpc) is 3.29. The fraction of sp³-hybridized carbons (Fsp3) is 0.143. The van der Waals surface area contributed by atoms with Gasteiger partial charge in [-0.1, -0.05) is 60.2 Å². The molecule has 0 saturated carbocycles. The van der Waals surface area contributed by atoms with Gasteiger partial charge in [-0.2, -0.15) is 0 Å². The number of carbonyl (C=O) groups is 2. The summed E-state index contributed by atoms with van der Waals surface area (Å²) in [4.78, 5) is 37.5. The van der Waals surface area contributed by atoms with Gasteiger partial charge >= 0.3 is 6.03 Å². The van der Waals surface area contributed by atoms with E-state index in [-0.39, 0.29) is 23.8 Å². The first kappa shape index (κ1) is 23.0. The van der Waals surface area contributed by atoms with Crippen LogP contribution in [0.15, 0.2) is 78.5 Å². The van der Waals surface area contributed by atoms with Gasteiger partial charge in [-0.3, -0.25) is 19.8 Å². The van der Waals surface area contributed by atoms with Crippen LogP contribution in [0.25, 0.3) is 17.0 Å². The first-order chi connectivity index (χ1) is 17.3. The Labute approximate surface area is 207 Å². The topological polar surface area (TPSA) is 97.5 Å². The molecule has 180 valence electrons. The molecule has 5 rings (SSSR count). The maximum Gasteiger partial charge on any atom is 0.329 e. The number of nitro benzene ring substituents is 1. The van der Waals surface area contributed by atoms with Crippen molar-refractivity contribution in [1.82, 2.24) is 14.8 Å². The highest BCUT2D eigenvalue weighted by Gasteiger charge is 2.34. The largest absolute Gasteiger partial charge is 0.340 e. The van der Waals surface area contributed by atoms with Crippen molar-refractivity contribution in [2.45, 2.75) is 26.9 Å². The summed E-state index contributed by atoms with van der Waals surface area (Å²) in [7, 11) is 0. The number of hydrogen-bond donors (Lipinski definition) is 1. The van der Waals surface area contributed by atoms with Crippen molar-refractivity contribution < 1.29 is 14.5 Å². The fourth-order valence-electron chi connectivity index (χ4n) is 4.48. The second-order valence-corrected chi connectivity index (χ2v) is 8.89. The quantitative estimate of drug-likeness (QED) is 0.175. The van der Waals surface area contributed by atoms with Gasteiger partial charge in [0.15, 0.2) is 0 Å². The third-order valence-electron chi connectivity index (χ3n) is 6.48. The summed E-state index contributed by atoms with van der Waals surface area (Å²) in [5.74, 6) is -0.368. The van der Waals surface area contributed by atoms with Gasteiger partial charge in [0.25, 0.3) is 11.6 Å². The molecule has 8 heteroatoms. The van der Waals surface area contributed by atoms with E-state index >= 15 is 0 Å². The maximum absolute atomic E-state index is 13.1. The summed E-state index contributed by atoms with van der Waals surface area (Å²) < 4.78 is 2.11. The van der Waals surface area contributed by atoms with Crippen molar-refractivity contribution in [1.29, 1.82) is 0 Å². The van der Waals surface area contributed by atoms with E-state index in [4.69, 9.17) is 0 Å². The van der Waals surface area contributed by atoms with E-state index in [1.807, 2.05) is 62.4 Å². The number of imide groups is 1. The van der Waals surface area contributed by atoms with E-state index in [0.29, 0.717) is 6.54 Å². The lowest BCUT2D eigenvalue weighted by atomic mass is 10.1. The number of nitro groups is 1. The smallest absolute Gasteiger partial charge is 0.329 e. The lowest BCUT2D eigenvalue weighted by Gasteiger charge is -2.11. The van der Waals surface area contributed by atoms with Gasteiger partial charge in [0.2, 0.25) is 0 Å². The Morgan fingerprint density at radius 1 is 0.889 bits per heavy atom. The van der Waals surface area contributed by atoms with Crippen molar-refractivity contribution in [3.63, 3.8) is 0 Å². The molecule has 8 nitrogen and oxygen atoms in total. The normalized spacial score (nSPS) is 14.6. The van der Waals surface area contributed by atoms with Crippen LogP contribution in [0, 0.1) is 24.0 Å². The molecule has 1 aromatic heterocycles. The Hall–Kier alpha value is -4.72. The molecule has 1 N–H and O–H groups in total. The Bertz CT molecular complexity index is 1530. The summed E-state index contributed by atoms with van der Waals surface area (Å²) in [5, 5.41) is 14.7. The highest BCUT2D eigenvalue weighted by molar-refractivity contribution is 6.14. The molecule has 0 unspecified atom stereocenters. The van der Waals surface area contributed by atoms with E-state index in [1.165, 1.54) is 17.0 Å². The van der Waals surface area contributed by atoms with Crippen molar-refractivity contribution >= 4 is 34.6 Å². The average molecular weight is 481 g/mol. The second-order valence-electron chi connectivity index (χ2n) is 8.89. The van der Waals surface area contributed by atoms with Crippen LogP contribution >= 0.6 is 0 Å². The molecule has 1 saturated heterocycles. The number of carbonyl (C=O) groups excluding carboxylic acids is 2. The molecule has 0 bridgehead atoms. The lowest BCUT2D eigenvalue weighted by molar-refractivity contribution is -0.384. The Kier molecular flexibility index (Phi) is 5.85. The van der Waals surface area contributed by atoms with Gasteiger partial charge in [0.05, 0.1) is 11.5 Å². The van der Waals surface area contributed by atoms with Gasteiger partial charge in [-0.05, 0) is 37.1 Å². The molecule has 4 aromatic rings. The van der Waals surface area contributed by atoms with Gasteiger partial charge in [0.1, 0.15) is 5.70 Å². The van der Waals surface area contributed by atoms with Crippen LogP contribution in [-0.2, 0) is 17.9 Å². The standard InChI is InChI=1S/C28H24N4O4/c1-18-7-9-20(10-8-18)17-31-27(33)25(29-28(31)34)15-24-19(2)30(26-6-4-3-5-23(24)26)16-21-11-13-22(14-12-21)32(35)36/h3-15H,16-17H2,1-2H3,(H,29,34)/b25-15+. The van der Waals surface area contributed by atoms with Crippen molar-refractivity contribution in [2.75, 3.05) is 0 Å². The van der Waals surface area contributed by atoms with Crippen molar-refractivity contribution in [3.05, 3.63) is 117 Å². The molecule has 1 aliphatic rings. The molecule has 0 radical (unpaired) electrons. The molecule has 1 aliphatic heterocycles. The summed E-state index contributed by atoms with van der Waals surface area (Å²) in [6.07, 6.45) is 1.74. The summed E-state index contributed by atoms with van der Waals surface area (Å²) >= 11 is 0. The molecule has 3 aromatic carbocycles. The van der Waals surface area contributed by atoms with Crippen LogP contribution in [0.5, 0.6) is 0 Å². The number of nitrogens with one attached hydrogen (secondary N) is 1. The molecular weight excluding hydrogens is 456 g/mol. The first-order valence-electron chi connectivity index (χ1n) is 11.5. The van der Waals surface area contributed by atoms with Crippen LogP contribution in [0.4, 0.5) is 10.5 Å². The van der Waals surface area contributed by atoms with E-state index in [9.17, 15) is 19.7 Å². The molecule has 3 amide bonds. The lowest BCUT2D eigenvalue weighted by Crippen LogP contribution is -2.30. The zero-order chi connectivity index (χ0) is 25.4. The number of benzene rings is 3. The molecule has 0 atom stereocenters. The molecule has 0 spiro atoms. The van der Waals surface area contributed by atoms with E-state index in [0.717, 1.165) is 38.9 Å².